The van der Waals surface area contributed by atoms with Crippen LogP contribution in [-0.4, -0.2) is 12.0 Å². The van der Waals surface area contributed by atoms with E-state index >= 15 is 0 Å². The van der Waals surface area contributed by atoms with Gasteiger partial charge in [-0.25, -0.2) is 0 Å². The van der Waals surface area contributed by atoms with Crippen LogP contribution in [0, 0.1) is 0 Å². The Morgan fingerprint density at radius 2 is 2.15 bits per heavy atom. The zero-order chi connectivity index (χ0) is 14.1. The van der Waals surface area contributed by atoms with Gasteiger partial charge in [0.2, 0.25) is 0 Å². The largest absolute Gasteiger partial charge is 0.398 e. The van der Waals surface area contributed by atoms with Crippen molar-refractivity contribution in [1.29, 1.82) is 0 Å². The molecule has 3 nitrogen and oxygen atoms in total. The first-order valence-corrected chi connectivity index (χ1v) is 7.88. The number of hydrogen-bond acceptors (Lipinski definition) is 4. The van der Waals surface area contributed by atoms with E-state index in [0.717, 1.165) is 32.5 Å². The van der Waals surface area contributed by atoms with Crippen molar-refractivity contribution in [1.82, 2.24) is 4.98 Å². The third-order valence-corrected chi connectivity index (χ3v) is 4.83. The summed E-state index contributed by atoms with van der Waals surface area (Å²) < 4.78 is 1.16. The number of anilines is 2. The van der Waals surface area contributed by atoms with Crippen molar-refractivity contribution >= 4 is 49.4 Å². The van der Waals surface area contributed by atoms with Gasteiger partial charge in [0, 0.05) is 48.1 Å². The van der Waals surface area contributed by atoms with E-state index in [1.807, 2.05) is 18.3 Å². The number of nitrogens with zero attached hydrogens (tertiary/aromatic N) is 2. The van der Waals surface area contributed by atoms with Gasteiger partial charge in [-0.15, -0.1) is 11.3 Å². The van der Waals surface area contributed by atoms with Crippen LogP contribution in [0.1, 0.15) is 5.56 Å². The number of pyridine rings is 1. The molecule has 0 aliphatic rings. The van der Waals surface area contributed by atoms with Gasteiger partial charge < -0.3 is 10.6 Å². The molecule has 2 heterocycles. The zero-order valence-electron chi connectivity index (χ0n) is 11.0. The number of aromatic nitrogens is 1. The summed E-state index contributed by atoms with van der Waals surface area (Å²) in [5, 5.41) is 4.30. The Kier molecular flexibility index (Phi) is 3.63. The van der Waals surface area contributed by atoms with Crippen LogP contribution in [0.15, 0.2) is 45.8 Å². The van der Waals surface area contributed by atoms with Crippen molar-refractivity contribution in [2.45, 2.75) is 6.54 Å². The van der Waals surface area contributed by atoms with Crippen molar-refractivity contribution in [2.75, 3.05) is 17.7 Å². The predicted molar refractivity (Wildman–Crippen MR) is 90.3 cm³/mol. The highest BCUT2D eigenvalue weighted by molar-refractivity contribution is 9.11. The smallest absolute Gasteiger partial charge is 0.0701 e. The highest BCUT2D eigenvalue weighted by atomic mass is 79.9. The number of nitrogen functional groups attached to an aromatic ring is 1. The summed E-state index contributed by atoms with van der Waals surface area (Å²) in [4.78, 5) is 6.44. The summed E-state index contributed by atoms with van der Waals surface area (Å²) in [5.41, 5.74) is 9.25. The molecule has 2 N–H and O–H groups in total. The number of fused-ring (bicyclic) bond motifs is 1. The van der Waals surface area contributed by atoms with Crippen LogP contribution in [0.4, 0.5) is 11.4 Å². The predicted octanol–water partition coefficient (Wildman–Crippen LogP) is 4.28. The lowest BCUT2D eigenvalue weighted by Gasteiger charge is -2.21. The van der Waals surface area contributed by atoms with Gasteiger partial charge in [-0.2, -0.15) is 0 Å². The Hall–Kier alpha value is -1.59. The van der Waals surface area contributed by atoms with Crippen LogP contribution in [0.3, 0.4) is 0 Å². The van der Waals surface area contributed by atoms with Crippen LogP contribution < -0.4 is 10.6 Å². The minimum Gasteiger partial charge on any atom is -0.398 e. The van der Waals surface area contributed by atoms with E-state index in [1.165, 1.54) is 5.56 Å². The first-order chi connectivity index (χ1) is 9.65. The lowest BCUT2D eigenvalue weighted by molar-refractivity contribution is 0.932. The number of halogens is 1. The van der Waals surface area contributed by atoms with Gasteiger partial charge >= 0.3 is 0 Å². The Balaban J connectivity index is 1.99. The van der Waals surface area contributed by atoms with E-state index in [9.17, 15) is 0 Å². The van der Waals surface area contributed by atoms with Crippen LogP contribution in [-0.2, 0) is 6.54 Å². The average molecular weight is 348 g/mol. The fourth-order valence-electron chi connectivity index (χ4n) is 2.32. The topological polar surface area (TPSA) is 42.1 Å². The molecule has 0 spiro atoms. The van der Waals surface area contributed by atoms with Gasteiger partial charge in [0.05, 0.1) is 3.79 Å². The molecule has 0 aliphatic carbocycles. The maximum atomic E-state index is 6.03. The Morgan fingerprint density at radius 3 is 2.90 bits per heavy atom. The second-order valence-electron chi connectivity index (χ2n) is 4.71. The molecule has 0 aliphatic heterocycles. The number of hydrogen-bond donors (Lipinski definition) is 1. The van der Waals surface area contributed by atoms with Crippen molar-refractivity contribution in [3.63, 3.8) is 0 Å². The fraction of sp³-hybridized carbons (Fsp3) is 0.133. The molecule has 0 unspecified atom stereocenters. The summed E-state index contributed by atoms with van der Waals surface area (Å²) in [6.07, 6.45) is 3.65. The molecular formula is C15H14BrN3S. The van der Waals surface area contributed by atoms with Gasteiger partial charge in [-0.05, 0) is 51.1 Å². The number of nitrogens with two attached hydrogens (primary N) is 1. The van der Waals surface area contributed by atoms with Crippen LogP contribution in [0.5, 0.6) is 0 Å². The van der Waals surface area contributed by atoms with Gasteiger partial charge in [-0.3, -0.25) is 4.98 Å². The number of rotatable bonds is 3. The zero-order valence-corrected chi connectivity index (χ0v) is 13.4. The monoisotopic (exact) mass is 347 g/mol. The van der Waals surface area contributed by atoms with E-state index in [-0.39, 0.29) is 0 Å². The van der Waals surface area contributed by atoms with E-state index in [4.69, 9.17) is 5.73 Å². The summed E-state index contributed by atoms with van der Waals surface area (Å²) in [5.74, 6) is 0. The molecule has 5 heteroatoms. The van der Waals surface area contributed by atoms with Gasteiger partial charge in [0.15, 0.2) is 0 Å². The second kappa shape index (κ2) is 5.42. The lowest BCUT2D eigenvalue weighted by atomic mass is 10.1. The first-order valence-electron chi connectivity index (χ1n) is 6.21. The molecule has 0 radical (unpaired) electrons. The maximum absolute atomic E-state index is 6.03. The molecule has 0 fully saturated rings. The first kappa shape index (κ1) is 13.4. The van der Waals surface area contributed by atoms with E-state index < -0.39 is 0 Å². The Morgan fingerprint density at radius 1 is 1.30 bits per heavy atom. The molecule has 0 saturated heterocycles. The van der Waals surface area contributed by atoms with Gasteiger partial charge in [-0.1, -0.05) is 0 Å². The molecule has 0 saturated carbocycles. The summed E-state index contributed by atoms with van der Waals surface area (Å²) >= 11 is 5.21. The summed E-state index contributed by atoms with van der Waals surface area (Å²) in [7, 11) is 2.09. The molecule has 0 atom stereocenters. The highest BCUT2D eigenvalue weighted by Gasteiger charge is 2.09. The lowest BCUT2D eigenvalue weighted by Crippen LogP contribution is -2.16. The third-order valence-electron chi connectivity index (χ3n) is 3.28. The standard InChI is InChI=1S/C15H14BrN3S/c1-19(8-10-6-15(16)20-9-10)14-3-2-13(17)11-4-5-18-7-12(11)14/h2-7,9H,8,17H2,1H3. The van der Waals surface area contributed by atoms with Crippen molar-refractivity contribution < 1.29 is 0 Å². The molecule has 20 heavy (non-hydrogen) atoms. The Bertz CT molecular complexity index is 754. The minimum absolute atomic E-state index is 0.790. The minimum atomic E-state index is 0.790. The molecule has 1 aromatic carbocycles. The molecule has 0 amide bonds. The van der Waals surface area contributed by atoms with Crippen molar-refractivity contribution in [3.8, 4) is 0 Å². The van der Waals surface area contributed by atoms with Crippen molar-refractivity contribution in [3.05, 3.63) is 51.4 Å². The molecule has 3 aromatic rings. The molecule has 0 bridgehead atoms. The fourth-order valence-corrected chi connectivity index (χ4v) is 3.52. The summed E-state index contributed by atoms with van der Waals surface area (Å²) in [6, 6.07) is 8.13. The SMILES string of the molecule is CN(Cc1csc(Br)c1)c1ccc(N)c2ccncc12. The molecular weight excluding hydrogens is 334 g/mol. The van der Waals surface area contributed by atoms with E-state index in [0.29, 0.717) is 0 Å². The van der Waals surface area contributed by atoms with E-state index in [1.54, 1.807) is 17.5 Å². The Labute approximate surface area is 130 Å². The van der Waals surface area contributed by atoms with Crippen LogP contribution in [0.25, 0.3) is 10.8 Å². The molecule has 2 aromatic heterocycles. The van der Waals surface area contributed by atoms with Gasteiger partial charge in [0.1, 0.15) is 0 Å². The van der Waals surface area contributed by atoms with Crippen LogP contribution >= 0.6 is 27.3 Å². The summed E-state index contributed by atoms with van der Waals surface area (Å²) in [6.45, 7) is 0.857. The average Bonchev–Trinajstić information content (AvgIpc) is 2.84. The van der Waals surface area contributed by atoms with Gasteiger partial charge in [0.25, 0.3) is 0 Å². The maximum Gasteiger partial charge on any atom is 0.0701 e. The van der Waals surface area contributed by atoms with Crippen molar-refractivity contribution in [2.24, 2.45) is 0 Å². The quantitative estimate of drug-likeness (QED) is 0.719. The van der Waals surface area contributed by atoms with Crippen LogP contribution in [0.2, 0.25) is 0 Å². The normalized spacial score (nSPS) is 10.9. The number of thiophene rings is 1. The highest BCUT2D eigenvalue weighted by Crippen LogP contribution is 2.31. The number of benzene rings is 1. The molecule has 3 rings (SSSR count). The van der Waals surface area contributed by atoms with E-state index in [2.05, 4.69) is 50.4 Å². The second-order valence-corrected chi connectivity index (χ2v) is 7.00. The third kappa shape index (κ3) is 2.51. The molecule has 102 valence electrons.